The van der Waals surface area contributed by atoms with Crippen molar-refractivity contribution in [3.05, 3.63) is 59.9 Å². The molecule has 1 aliphatic rings. The number of Topliss-reactive ketones (excluding diaryl/α,β-unsaturated/α-hetero) is 1. The van der Waals surface area contributed by atoms with Crippen LogP contribution in [0.1, 0.15) is 15.9 Å². The molecule has 19 heavy (non-hydrogen) atoms. The molecule has 0 saturated carbocycles. The van der Waals surface area contributed by atoms with Gasteiger partial charge in [0.15, 0.2) is 0 Å². The van der Waals surface area contributed by atoms with E-state index in [2.05, 4.69) is 0 Å². The van der Waals surface area contributed by atoms with Gasteiger partial charge in [0.1, 0.15) is 0 Å². The molecule has 4 rings (SSSR count). The Morgan fingerprint density at radius 1 is 0.842 bits per heavy atom. The second kappa shape index (κ2) is 3.42. The van der Waals surface area contributed by atoms with Gasteiger partial charge in [-0.05, 0) is 47.4 Å². The molecule has 2 aromatic heterocycles. The van der Waals surface area contributed by atoms with Crippen molar-refractivity contribution in [2.24, 2.45) is 0 Å². The Labute approximate surface area is 108 Å². The van der Waals surface area contributed by atoms with Crippen molar-refractivity contribution in [2.75, 3.05) is 0 Å². The topological polar surface area (TPSA) is 38.5 Å². The summed E-state index contributed by atoms with van der Waals surface area (Å²) in [6.45, 7) is 0. The minimum Gasteiger partial charge on any atom is -0.323 e. The van der Waals surface area contributed by atoms with Crippen LogP contribution in [0.25, 0.3) is 22.4 Å². The maximum absolute atomic E-state index is 11.9. The van der Waals surface area contributed by atoms with Gasteiger partial charge in [0.25, 0.3) is 0 Å². The Morgan fingerprint density at radius 2 is 1.74 bits per heavy atom. The van der Waals surface area contributed by atoms with E-state index in [0.717, 1.165) is 21.9 Å². The number of fused-ring (bicyclic) bond motifs is 5. The first kappa shape index (κ1) is 10.3. The zero-order valence-electron chi connectivity index (χ0n) is 9.96. The Hall–Kier alpha value is -2.68. The highest BCUT2D eigenvalue weighted by molar-refractivity contribution is 6.50. The Morgan fingerprint density at radius 3 is 2.63 bits per heavy atom. The number of allylic oxidation sites excluding steroid dienone is 1. The lowest BCUT2D eigenvalue weighted by molar-refractivity contribution is -0.110. The summed E-state index contributed by atoms with van der Waals surface area (Å²) in [6.07, 6.45) is 7.04. The second-order valence-corrected chi connectivity index (χ2v) is 4.63. The smallest absolute Gasteiger partial charge is 0.233 e. The SMILES string of the molecule is O=C1C=Cc2c(ccc3c2ccn2cccc32)C1=O. The van der Waals surface area contributed by atoms with Crippen LogP contribution in [0.2, 0.25) is 0 Å². The average Bonchev–Trinajstić information content (AvgIpc) is 2.91. The summed E-state index contributed by atoms with van der Waals surface area (Å²) in [4.78, 5) is 23.3. The van der Waals surface area contributed by atoms with Gasteiger partial charge in [-0.25, -0.2) is 0 Å². The molecule has 0 radical (unpaired) electrons. The monoisotopic (exact) mass is 247 g/mol. The lowest BCUT2D eigenvalue weighted by atomic mass is 9.91. The van der Waals surface area contributed by atoms with E-state index in [-0.39, 0.29) is 0 Å². The molecule has 90 valence electrons. The average molecular weight is 247 g/mol. The van der Waals surface area contributed by atoms with Gasteiger partial charge in [0, 0.05) is 23.3 Å². The molecule has 0 spiro atoms. The van der Waals surface area contributed by atoms with Gasteiger partial charge in [0.05, 0.1) is 5.52 Å². The van der Waals surface area contributed by atoms with Gasteiger partial charge in [-0.15, -0.1) is 0 Å². The zero-order chi connectivity index (χ0) is 13.0. The summed E-state index contributed by atoms with van der Waals surface area (Å²) < 4.78 is 2.04. The van der Waals surface area contributed by atoms with Crippen LogP contribution in [0.15, 0.2) is 48.8 Å². The number of ketones is 2. The molecule has 1 aromatic carbocycles. The Bertz CT molecular complexity index is 900. The minimum absolute atomic E-state index is 0.422. The first-order chi connectivity index (χ1) is 9.25. The van der Waals surface area contributed by atoms with E-state index in [1.54, 1.807) is 12.1 Å². The number of rotatable bonds is 0. The molecule has 0 bridgehead atoms. The van der Waals surface area contributed by atoms with Gasteiger partial charge in [-0.3, -0.25) is 9.59 Å². The standard InChI is InChI=1S/C16H9NO2/c18-15-6-5-10-11-7-9-17-8-1-2-14(17)12(11)3-4-13(10)16(15)19/h1-9H. The summed E-state index contributed by atoms with van der Waals surface area (Å²) in [5.41, 5.74) is 2.43. The maximum Gasteiger partial charge on any atom is 0.233 e. The molecule has 0 saturated heterocycles. The molecule has 0 unspecified atom stereocenters. The van der Waals surface area contributed by atoms with Crippen molar-refractivity contribution < 1.29 is 9.59 Å². The van der Waals surface area contributed by atoms with Crippen molar-refractivity contribution in [2.45, 2.75) is 0 Å². The highest BCUT2D eigenvalue weighted by Crippen LogP contribution is 2.29. The van der Waals surface area contributed by atoms with Crippen LogP contribution in [-0.4, -0.2) is 16.0 Å². The van der Waals surface area contributed by atoms with E-state index >= 15 is 0 Å². The zero-order valence-corrected chi connectivity index (χ0v) is 9.96. The number of pyridine rings is 1. The minimum atomic E-state index is -0.449. The predicted octanol–water partition coefficient (Wildman–Crippen LogP) is 2.87. The van der Waals surface area contributed by atoms with Gasteiger partial charge in [0.2, 0.25) is 11.6 Å². The van der Waals surface area contributed by atoms with E-state index in [1.807, 2.05) is 41.1 Å². The summed E-state index contributed by atoms with van der Waals surface area (Å²) >= 11 is 0. The number of benzene rings is 1. The molecule has 1 aliphatic carbocycles. The highest BCUT2D eigenvalue weighted by atomic mass is 16.2. The van der Waals surface area contributed by atoms with Crippen LogP contribution < -0.4 is 0 Å². The fraction of sp³-hybridized carbons (Fsp3) is 0. The van der Waals surface area contributed by atoms with Crippen LogP contribution in [-0.2, 0) is 4.79 Å². The van der Waals surface area contributed by atoms with Crippen molar-refractivity contribution in [3.63, 3.8) is 0 Å². The molecular formula is C16H9NO2. The van der Waals surface area contributed by atoms with Gasteiger partial charge in [-0.1, -0.05) is 6.07 Å². The summed E-state index contributed by atoms with van der Waals surface area (Å²) in [5, 5.41) is 2.08. The molecule has 0 N–H and O–H groups in total. The summed E-state index contributed by atoms with van der Waals surface area (Å²) in [6, 6.07) is 9.66. The van der Waals surface area contributed by atoms with E-state index < -0.39 is 11.6 Å². The fourth-order valence-corrected chi connectivity index (χ4v) is 2.69. The number of carbonyl (C=O) groups is 2. The van der Waals surface area contributed by atoms with Crippen LogP contribution >= 0.6 is 0 Å². The molecule has 2 heterocycles. The first-order valence-electron chi connectivity index (χ1n) is 6.05. The number of hydrogen-bond donors (Lipinski definition) is 0. The van der Waals surface area contributed by atoms with E-state index in [0.29, 0.717) is 5.56 Å². The van der Waals surface area contributed by atoms with Crippen LogP contribution in [0.4, 0.5) is 0 Å². The van der Waals surface area contributed by atoms with Crippen molar-refractivity contribution in [1.29, 1.82) is 0 Å². The Kier molecular flexibility index (Phi) is 1.85. The van der Waals surface area contributed by atoms with Crippen LogP contribution in [0.5, 0.6) is 0 Å². The number of hydrogen-bond acceptors (Lipinski definition) is 2. The normalized spacial score (nSPS) is 14.3. The van der Waals surface area contributed by atoms with Gasteiger partial charge >= 0.3 is 0 Å². The molecule has 0 fully saturated rings. The molecule has 0 amide bonds. The second-order valence-electron chi connectivity index (χ2n) is 4.63. The molecule has 3 nitrogen and oxygen atoms in total. The molecule has 3 heteroatoms. The number of nitrogens with zero attached hydrogens (tertiary/aromatic N) is 1. The van der Waals surface area contributed by atoms with Crippen molar-refractivity contribution in [1.82, 2.24) is 4.40 Å². The van der Waals surface area contributed by atoms with Crippen molar-refractivity contribution in [3.8, 4) is 0 Å². The maximum atomic E-state index is 11.9. The lowest BCUT2D eigenvalue weighted by Gasteiger charge is -2.12. The molecular weight excluding hydrogens is 238 g/mol. The van der Waals surface area contributed by atoms with E-state index in [9.17, 15) is 9.59 Å². The third-order valence-electron chi connectivity index (χ3n) is 3.61. The van der Waals surface area contributed by atoms with E-state index in [4.69, 9.17) is 0 Å². The molecule has 0 atom stereocenters. The fourth-order valence-electron chi connectivity index (χ4n) is 2.69. The highest BCUT2D eigenvalue weighted by Gasteiger charge is 2.22. The lowest BCUT2D eigenvalue weighted by Crippen LogP contribution is -2.16. The van der Waals surface area contributed by atoms with Crippen LogP contribution in [0, 0.1) is 0 Å². The predicted molar refractivity (Wildman–Crippen MR) is 73.3 cm³/mol. The molecule has 0 aliphatic heterocycles. The molecule has 3 aromatic rings. The Balaban J connectivity index is 2.19. The largest absolute Gasteiger partial charge is 0.323 e. The summed E-state index contributed by atoms with van der Waals surface area (Å²) in [5.74, 6) is -0.870. The van der Waals surface area contributed by atoms with Gasteiger partial charge < -0.3 is 4.40 Å². The first-order valence-corrected chi connectivity index (χ1v) is 6.05. The number of carbonyl (C=O) groups excluding carboxylic acids is 2. The third-order valence-corrected chi connectivity index (χ3v) is 3.61. The van der Waals surface area contributed by atoms with Crippen LogP contribution in [0.3, 0.4) is 0 Å². The van der Waals surface area contributed by atoms with Gasteiger partial charge in [-0.2, -0.15) is 0 Å². The summed E-state index contributed by atoms with van der Waals surface area (Å²) in [7, 11) is 0. The third kappa shape index (κ3) is 1.27. The number of aromatic nitrogens is 1. The van der Waals surface area contributed by atoms with Crippen molar-refractivity contribution >= 4 is 33.9 Å². The van der Waals surface area contributed by atoms with E-state index in [1.165, 1.54) is 6.08 Å². The quantitative estimate of drug-likeness (QED) is 0.573.